The Kier molecular flexibility index (Phi) is 4.97. The third kappa shape index (κ3) is 4.14. The van der Waals surface area contributed by atoms with E-state index < -0.39 is 0 Å². The molecule has 1 aliphatic heterocycles. The van der Waals surface area contributed by atoms with E-state index in [1.165, 1.54) is 18.4 Å². The molecule has 0 saturated carbocycles. The summed E-state index contributed by atoms with van der Waals surface area (Å²) in [6, 6.07) is 5.65. The summed E-state index contributed by atoms with van der Waals surface area (Å²) >= 11 is 0. The average Bonchev–Trinajstić information content (AvgIpc) is 3.25. The van der Waals surface area contributed by atoms with Crippen LogP contribution in [0, 0.1) is 11.7 Å². The standard InChI is InChI=1S/C17H19FN4O3/c18-13-3-1-11(2-4-13)16-21-14(10-25-16)5-7-20-17(24)22-8-6-12(9-22)15(19)23/h1-4,10,12H,5-9H2,(H2,19,23)(H,20,24)/t12-/m0/s1. The summed E-state index contributed by atoms with van der Waals surface area (Å²) in [7, 11) is 0. The Morgan fingerprint density at radius 2 is 2.12 bits per heavy atom. The minimum Gasteiger partial charge on any atom is -0.444 e. The second kappa shape index (κ2) is 7.33. The van der Waals surface area contributed by atoms with Crippen LogP contribution < -0.4 is 11.1 Å². The summed E-state index contributed by atoms with van der Waals surface area (Å²) in [5.41, 5.74) is 6.64. The molecule has 0 aliphatic carbocycles. The summed E-state index contributed by atoms with van der Waals surface area (Å²) in [6.07, 6.45) is 2.63. The van der Waals surface area contributed by atoms with Gasteiger partial charge in [-0.25, -0.2) is 14.2 Å². The number of nitrogens with two attached hydrogens (primary N) is 1. The van der Waals surface area contributed by atoms with E-state index >= 15 is 0 Å². The number of carbonyl (C=O) groups is 2. The molecule has 2 aromatic rings. The first-order chi connectivity index (χ1) is 12.0. The van der Waals surface area contributed by atoms with Gasteiger partial charge in [0.2, 0.25) is 11.8 Å². The van der Waals surface area contributed by atoms with Gasteiger partial charge in [0.1, 0.15) is 12.1 Å². The van der Waals surface area contributed by atoms with E-state index in [2.05, 4.69) is 10.3 Å². The molecule has 0 bridgehead atoms. The topological polar surface area (TPSA) is 101 Å². The van der Waals surface area contributed by atoms with Gasteiger partial charge in [-0.2, -0.15) is 0 Å². The van der Waals surface area contributed by atoms with Crippen LogP contribution in [0.5, 0.6) is 0 Å². The molecule has 25 heavy (non-hydrogen) atoms. The number of rotatable bonds is 5. The fraction of sp³-hybridized carbons (Fsp3) is 0.353. The zero-order chi connectivity index (χ0) is 17.8. The molecule has 1 atom stereocenters. The van der Waals surface area contributed by atoms with Gasteiger partial charge in [-0.3, -0.25) is 4.79 Å². The van der Waals surface area contributed by atoms with Gasteiger partial charge in [0.05, 0.1) is 11.6 Å². The number of halogens is 1. The second-order valence-corrected chi connectivity index (χ2v) is 5.97. The lowest BCUT2D eigenvalue weighted by Crippen LogP contribution is -2.40. The van der Waals surface area contributed by atoms with Gasteiger partial charge in [0.25, 0.3) is 0 Å². The molecule has 0 radical (unpaired) electrons. The van der Waals surface area contributed by atoms with Crippen molar-refractivity contribution in [1.29, 1.82) is 0 Å². The van der Waals surface area contributed by atoms with Crippen LogP contribution in [0.25, 0.3) is 11.5 Å². The van der Waals surface area contributed by atoms with Crippen LogP contribution >= 0.6 is 0 Å². The van der Waals surface area contributed by atoms with Crippen molar-refractivity contribution in [2.45, 2.75) is 12.8 Å². The van der Waals surface area contributed by atoms with Gasteiger partial charge < -0.3 is 20.4 Å². The molecule has 3 rings (SSSR count). The number of hydrogen-bond donors (Lipinski definition) is 2. The Morgan fingerprint density at radius 1 is 1.36 bits per heavy atom. The Hall–Kier alpha value is -2.90. The van der Waals surface area contributed by atoms with Gasteiger partial charge in [-0.15, -0.1) is 0 Å². The fourth-order valence-electron chi connectivity index (χ4n) is 2.73. The van der Waals surface area contributed by atoms with E-state index in [9.17, 15) is 14.0 Å². The van der Waals surface area contributed by atoms with Crippen molar-refractivity contribution in [3.63, 3.8) is 0 Å². The first-order valence-corrected chi connectivity index (χ1v) is 8.05. The first kappa shape index (κ1) is 16.9. The van der Waals surface area contributed by atoms with Crippen LogP contribution in [0.1, 0.15) is 12.1 Å². The van der Waals surface area contributed by atoms with Crippen molar-refractivity contribution in [2.24, 2.45) is 11.7 Å². The number of hydrogen-bond acceptors (Lipinski definition) is 4. The highest BCUT2D eigenvalue weighted by molar-refractivity contribution is 5.80. The van der Waals surface area contributed by atoms with Crippen molar-refractivity contribution in [1.82, 2.24) is 15.2 Å². The molecule has 7 nitrogen and oxygen atoms in total. The molecule has 3 amide bonds. The largest absolute Gasteiger partial charge is 0.444 e. The molecule has 1 aromatic carbocycles. The molecule has 1 aromatic heterocycles. The van der Waals surface area contributed by atoms with E-state index in [-0.39, 0.29) is 23.7 Å². The second-order valence-electron chi connectivity index (χ2n) is 5.97. The van der Waals surface area contributed by atoms with Crippen LogP contribution in [0.3, 0.4) is 0 Å². The van der Waals surface area contributed by atoms with Gasteiger partial charge in [0.15, 0.2) is 0 Å². The van der Waals surface area contributed by atoms with Gasteiger partial charge in [-0.05, 0) is 30.7 Å². The number of benzene rings is 1. The first-order valence-electron chi connectivity index (χ1n) is 8.05. The zero-order valence-corrected chi connectivity index (χ0v) is 13.6. The van der Waals surface area contributed by atoms with Crippen LogP contribution in [-0.4, -0.2) is 41.5 Å². The lowest BCUT2D eigenvalue weighted by atomic mass is 10.1. The third-order valence-corrected chi connectivity index (χ3v) is 4.18. The molecular formula is C17H19FN4O3. The molecular weight excluding hydrogens is 327 g/mol. The number of oxazole rings is 1. The molecule has 1 saturated heterocycles. The number of carbonyl (C=O) groups excluding carboxylic acids is 2. The molecule has 0 spiro atoms. The number of nitrogens with zero attached hydrogens (tertiary/aromatic N) is 2. The monoisotopic (exact) mass is 346 g/mol. The summed E-state index contributed by atoms with van der Waals surface area (Å²) in [6.45, 7) is 1.28. The number of primary amides is 1. The number of amides is 3. The SMILES string of the molecule is NC(=O)[C@H]1CCN(C(=O)NCCc2coc(-c3ccc(F)cc3)n2)C1. The van der Waals surface area contributed by atoms with Gasteiger partial charge in [-0.1, -0.05) is 0 Å². The highest BCUT2D eigenvalue weighted by Gasteiger charge is 2.29. The number of urea groups is 1. The maximum absolute atomic E-state index is 12.9. The molecule has 1 fully saturated rings. The molecule has 8 heteroatoms. The predicted molar refractivity (Wildman–Crippen MR) is 87.9 cm³/mol. The minimum atomic E-state index is -0.369. The lowest BCUT2D eigenvalue weighted by molar-refractivity contribution is -0.121. The number of aromatic nitrogens is 1. The maximum atomic E-state index is 12.9. The van der Waals surface area contributed by atoms with Crippen LogP contribution in [0.15, 0.2) is 34.9 Å². The normalized spacial score (nSPS) is 16.8. The number of nitrogens with one attached hydrogen (secondary N) is 1. The molecule has 3 N–H and O–H groups in total. The van der Waals surface area contributed by atoms with Crippen LogP contribution in [0.2, 0.25) is 0 Å². The van der Waals surface area contributed by atoms with E-state index in [4.69, 9.17) is 10.2 Å². The molecule has 132 valence electrons. The van der Waals surface area contributed by atoms with Gasteiger partial charge >= 0.3 is 6.03 Å². The van der Waals surface area contributed by atoms with E-state index in [1.54, 1.807) is 17.0 Å². The summed E-state index contributed by atoms with van der Waals surface area (Å²) in [5, 5.41) is 2.79. The maximum Gasteiger partial charge on any atom is 0.317 e. The van der Waals surface area contributed by atoms with Crippen molar-refractivity contribution in [3.05, 3.63) is 42.0 Å². The van der Waals surface area contributed by atoms with E-state index in [1.807, 2.05) is 0 Å². The summed E-state index contributed by atoms with van der Waals surface area (Å²) < 4.78 is 18.3. The lowest BCUT2D eigenvalue weighted by Gasteiger charge is -2.16. The smallest absolute Gasteiger partial charge is 0.317 e. The Bertz CT molecular complexity index is 760. The zero-order valence-electron chi connectivity index (χ0n) is 13.6. The van der Waals surface area contributed by atoms with Crippen molar-refractivity contribution >= 4 is 11.9 Å². The minimum absolute atomic E-state index is 0.217. The Morgan fingerprint density at radius 3 is 2.80 bits per heavy atom. The quantitative estimate of drug-likeness (QED) is 0.857. The highest BCUT2D eigenvalue weighted by Crippen LogP contribution is 2.19. The molecule has 1 aliphatic rings. The Balaban J connectivity index is 1.47. The van der Waals surface area contributed by atoms with Crippen LogP contribution in [-0.2, 0) is 11.2 Å². The van der Waals surface area contributed by atoms with Crippen molar-refractivity contribution < 1.29 is 18.4 Å². The third-order valence-electron chi connectivity index (χ3n) is 4.18. The predicted octanol–water partition coefficient (Wildman–Crippen LogP) is 1.54. The fourth-order valence-corrected chi connectivity index (χ4v) is 2.73. The summed E-state index contributed by atoms with van der Waals surface area (Å²) in [4.78, 5) is 29.1. The Labute approximate surface area is 144 Å². The average molecular weight is 346 g/mol. The molecule has 2 heterocycles. The summed E-state index contributed by atoms with van der Waals surface area (Å²) in [5.74, 6) is -0.547. The van der Waals surface area contributed by atoms with E-state index in [0.29, 0.717) is 49.6 Å². The number of likely N-dealkylation sites (tertiary alicyclic amines) is 1. The molecule has 0 unspecified atom stereocenters. The van der Waals surface area contributed by atoms with E-state index in [0.717, 1.165) is 0 Å². The van der Waals surface area contributed by atoms with Crippen molar-refractivity contribution in [3.8, 4) is 11.5 Å². The highest BCUT2D eigenvalue weighted by atomic mass is 19.1. The van der Waals surface area contributed by atoms with Crippen LogP contribution in [0.4, 0.5) is 9.18 Å². The van der Waals surface area contributed by atoms with Gasteiger partial charge in [0, 0.05) is 31.6 Å². The van der Waals surface area contributed by atoms with Crippen molar-refractivity contribution in [2.75, 3.05) is 19.6 Å².